The molecule has 0 unspecified atom stereocenters. The van der Waals surface area contributed by atoms with Gasteiger partial charge in [-0.3, -0.25) is 0 Å². The van der Waals surface area contributed by atoms with Crippen molar-refractivity contribution in [3.05, 3.63) is 0 Å². The van der Waals surface area contributed by atoms with Gasteiger partial charge in [-0.05, 0) is 11.8 Å². The highest BCUT2D eigenvalue weighted by Gasteiger charge is 2.26. The molecule has 0 aromatic rings. The van der Waals surface area contributed by atoms with Gasteiger partial charge >= 0.3 is 5.51 Å². The van der Waals surface area contributed by atoms with Gasteiger partial charge in [-0.15, -0.1) is 0 Å². The molecule has 0 rings (SSSR count). The second-order valence-corrected chi connectivity index (χ2v) is 2.24. The van der Waals surface area contributed by atoms with E-state index in [2.05, 4.69) is 0 Å². The molecule has 0 saturated heterocycles. The van der Waals surface area contributed by atoms with Gasteiger partial charge in [0.25, 0.3) is 0 Å². The summed E-state index contributed by atoms with van der Waals surface area (Å²) in [5.74, 6) is -0.0521. The Bertz CT molecular complexity index is 62.0. The van der Waals surface area contributed by atoms with Crippen LogP contribution in [-0.4, -0.2) is 17.8 Å². The van der Waals surface area contributed by atoms with E-state index in [1.807, 2.05) is 0 Å². The van der Waals surface area contributed by atoms with E-state index in [9.17, 15) is 13.2 Å². The van der Waals surface area contributed by atoms with Gasteiger partial charge in [0.05, 0.1) is 0 Å². The number of thioether (sulfide) groups is 1. The van der Waals surface area contributed by atoms with Crippen molar-refractivity contribution in [2.24, 2.45) is 5.73 Å². The molecule has 0 spiro atoms. The monoisotopic (exact) mass is 145 g/mol. The smallest absolute Gasteiger partial charge is 0.330 e. The molecule has 0 aliphatic rings. The van der Waals surface area contributed by atoms with Gasteiger partial charge in [0.2, 0.25) is 0 Å². The average molecular weight is 145 g/mol. The zero-order valence-corrected chi connectivity index (χ0v) is 4.85. The van der Waals surface area contributed by atoms with Crippen LogP contribution < -0.4 is 5.73 Å². The minimum absolute atomic E-state index is 0.0521. The molecule has 8 heavy (non-hydrogen) atoms. The Morgan fingerprint density at radius 3 is 2.00 bits per heavy atom. The van der Waals surface area contributed by atoms with E-state index in [1.165, 1.54) is 0 Å². The van der Waals surface area contributed by atoms with Crippen molar-refractivity contribution in [3.8, 4) is 0 Å². The third-order valence-corrected chi connectivity index (χ3v) is 1.15. The number of hydrogen-bond acceptors (Lipinski definition) is 2. The molecule has 0 radical (unpaired) electrons. The molecule has 2 N–H and O–H groups in total. The molecule has 0 atom stereocenters. The van der Waals surface area contributed by atoms with Crippen molar-refractivity contribution < 1.29 is 13.2 Å². The zero-order chi connectivity index (χ0) is 6.62. The molecule has 0 fully saturated rings. The lowest BCUT2D eigenvalue weighted by atomic mass is 10.8. The maximum atomic E-state index is 11.2. The van der Waals surface area contributed by atoms with Gasteiger partial charge in [-0.2, -0.15) is 13.2 Å². The lowest BCUT2D eigenvalue weighted by Crippen LogP contribution is -2.08. The third-order valence-electron chi connectivity index (χ3n) is 0.384. The van der Waals surface area contributed by atoms with Crippen LogP contribution in [0.1, 0.15) is 0 Å². The predicted octanol–water partition coefficient (Wildman–Crippen LogP) is 1.20. The van der Waals surface area contributed by atoms with Gasteiger partial charge in [0, 0.05) is 12.3 Å². The van der Waals surface area contributed by atoms with Gasteiger partial charge in [0.1, 0.15) is 0 Å². The van der Waals surface area contributed by atoms with E-state index in [0.29, 0.717) is 0 Å². The second-order valence-electron chi connectivity index (χ2n) is 1.08. The lowest BCUT2D eigenvalue weighted by molar-refractivity contribution is -0.0327. The highest BCUT2D eigenvalue weighted by Crippen LogP contribution is 2.29. The number of nitrogens with two attached hydrogens (primary N) is 1. The van der Waals surface area contributed by atoms with E-state index in [4.69, 9.17) is 5.73 Å². The molecular formula is C3H6F3NS. The minimum atomic E-state index is -4.11. The fourth-order valence-corrected chi connectivity index (χ4v) is 0.524. The van der Waals surface area contributed by atoms with Gasteiger partial charge < -0.3 is 5.73 Å². The van der Waals surface area contributed by atoms with Crippen LogP contribution in [0, 0.1) is 0 Å². The minimum Gasteiger partial charge on any atom is -0.330 e. The summed E-state index contributed by atoms with van der Waals surface area (Å²) in [6, 6.07) is 0. The molecule has 0 aliphatic carbocycles. The topological polar surface area (TPSA) is 26.0 Å². The first-order chi connectivity index (χ1) is 3.56. The average Bonchev–Trinajstić information content (AvgIpc) is 1.59. The Labute approximate surface area is 49.4 Å². The summed E-state index contributed by atoms with van der Waals surface area (Å²) in [4.78, 5) is 0. The number of hydrogen-bond donors (Lipinski definition) is 1. The molecule has 0 saturated carbocycles. The van der Waals surface area contributed by atoms with Gasteiger partial charge in [-0.1, -0.05) is 0 Å². The van der Waals surface area contributed by atoms with Crippen LogP contribution in [0.4, 0.5) is 13.2 Å². The molecule has 0 heterocycles. The summed E-state index contributed by atoms with van der Waals surface area (Å²) >= 11 is -0.0914. The molecule has 0 aliphatic heterocycles. The summed E-state index contributed by atoms with van der Waals surface area (Å²) in [6.07, 6.45) is 0. The number of alkyl halides is 3. The van der Waals surface area contributed by atoms with Crippen LogP contribution in [0.2, 0.25) is 0 Å². The molecule has 0 bridgehead atoms. The first-order valence-corrected chi connectivity index (χ1v) is 2.95. The van der Waals surface area contributed by atoms with E-state index in [1.54, 1.807) is 0 Å². The van der Waals surface area contributed by atoms with Crippen LogP contribution in [0.3, 0.4) is 0 Å². The zero-order valence-electron chi connectivity index (χ0n) is 4.03. The Kier molecular flexibility index (Phi) is 3.23. The van der Waals surface area contributed by atoms with E-state index >= 15 is 0 Å². The van der Waals surface area contributed by atoms with Crippen LogP contribution in [-0.2, 0) is 0 Å². The maximum absolute atomic E-state index is 11.2. The third kappa shape index (κ3) is 6.10. The predicted molar refractivity (Wildman–Crippen MR) is 27.6 cm³/mol. The van der Waals surface area contributed by atoms with Crippen molar-refractivity contribution in [2.45, 2.75) is 5.51 Å². The van der Waals surface area contributed by atoms with E-state index < -0.39 is 5.51 Å². The van der Waals surface area contributed by atoms with Crippen molar-refractivity contribution in [1.82, 2.24) is 0 Å². The van der Waals surface area contributed by atoms with Crippen LogP contribution in [0.15, 0.2) is 0 Å². The molecule has 0 aromatic heterocycles. The first kappa shape index (κ1) is 8.10. The molecule has 50 valence electrons. The Morgan fingerprint density at radius 1 is 1.38 bits per heavy atom. The van der Waals surface area contributed by atoms with E-state index in [-0.39, 0.29) is 24.1 Å². The van der Waals surface area contributed by atoms with Gasteiger partial charge in [-0.25, -0.2) is 0 Å². The van der Waals surface area contributed by atoms with Crippen molar-refractivity contribution in [2.75, 3.05) is 12.3 Å². The van der Waals surface area contributed by atoms with Crippen LogP contribution in [0.5, 0.6) is 0 Å². The maximum Gasteiger partial charge on any atom is 0.441 e. The summed E-state index contributed by atoms with van der Waals surface area (Å²) < 4.78 is 33.5. The quantitative estimate of drug-likeness (QED) is 0.631. The molecule has 5 heteroatoms. The van der Waals surface area contributed by atoms with Crippen molar-refractivity contribution in [1.29, 1.82) is 0 Å². The molecule has 0 aromatic carbocycles. The number of rotatable bonds is 2. The first-order valence-electron chi connectivity index (χ1n) is 1.97. The lowest BCUT2D eigenvalue weighted by Gasteiger charge is -2.01. The normalized spacial score (nSPS) is 12.0. The Balaban J connectivity index is 3.11. The SMILES string of the molecule is NCCSC(F)(F)F. The summed E-state index contributed by atoms with van der Waals surface area (Å²) in [6.45, 7) is 0.0736. The van der Waals surface area contributed by atoms with Gasteiger partial charge in [0.15, 0.2) is 0 Å². The standard InChI is InChI=1S/C3H6F3NS/c4-3(5,6)8-2-1-7/h1-2,7H2. The summed E-state index contributed by atoms with van der Waals surface area (Å²) in [7, 11) is 0. The van der Waals surface area contributed by atoms with E-state index in [0.717, 1.165) is 0 Å². The number of halogens is 3. The Hall–Kier alpha value is 0.100. The largest absolute Gasteiger partial charge is 0.441 e. The van der Waals surface area contributed by atoms with Crippen LogP contribution >= 0.6 is 11.8 Å². The molecule has 0 amide bonds. The fourth-order valence-electron chi connectivity index (χ4n) is 0.175. The summed E-state index contributed by atoms with van der Waals surface area (Å²) in [5.41, 5.74) is 0.703. The highest BCUT2D eigenvalue weighted by atomic mass is 32.2. The second kappa shape index (κ2) is 3.19. The molecule has 1 nitrogen and oxygen atoms in total. The van der Waals surface area contributed by atoms with Crippen LogP contribution in [0.25, 0.3) is 0 Å². The summed E-state index contributed by atoms with van der Waals surface area (Å²) in [5, 5.41) is 0. The molecular weight excluding hydrogens is 139 g/mol. The highest BCUT2D eigenvalue weighted by molar-refractivity contribution is 8.00. The fraction of sp³-hybridized carbons (Fsp3) is 1.00. The Morgan fingerprint density at radius 2 is 1.88 bits per heavy atom. The van der Waals surface area contributed by atoms with Crippen molar-refractivity contribution in [3.63, 3.8) is 0 Å². The van der Waals surface area contributed by atoms with Crippen molar-refractivity contribution >= 4 is 11.8 Å².